The lowest BCUT2D eigenvalue weighted by atomic mass is 10.1. The van der Waals surface area contributed by atoms with E-state index in [1.807, 2.05) is 0 Å². The summed E-state index contributed by atoms with van der Waals surface area (Å²) >= 11 is 0. The van der Waals surface area contributed by atoms with E-state index in [0.29, 0.717) is 5.69 Å². The van der Waals surface area contributed by atoms with Gasteiger partial charge in [-0.25, -0.2) is 9.78 Å². The highest BCUT2D eigenvalue weighted by Crippen LogP contribution is 2.01. The highest BCUT2D eigenvalue weighted by molar-refractivity contribution is 5.93. The number of carboxylic acid groups (broad SMARTS) is 1. The van der Waals surface area contributed by atoms with E-state index in [1.54, 1.807) is 0 Å². The molecule has 0 aliphatic carbocycles. The average Bonchev–Trinajstić information content (AvgIpc) is 3.10. The summed E-state index contributed by atoms with van der Waals surface area (Å²) in [7, 11) is 0. The summed E-state index contributed by atoms with van der Waals surface area (Å²) in [5.74, 6) is -3.45. The largest absolute Gasteiger partial charge is 0.480 e. The molecule has 4 atom stereocenters. The first kappa shape index (κ1) is 22.1. The predicted molar refractivity (Wildman–Crippen MR) is 92.1 cm³/mol. The van der Waals surface area contributed by atoms with Gasteiger partial charge in [0.25, 0.3) is 0 Å². The quantitative estimate of drug-likeness (QED) is 0.219. The van der Waals surface area contributed by atoms with Gasteiger partial charge in [-0.1, -0.05) is 0 Å². The predicted octanol–water partition coefficient (Wildman–Crippen LogP) is -3.15. The minimum Gasteiger partial charge on any atom is -0.480 e. The summed E-state index contributed by atoms with van der Waals surface area (Å²) in [6, 6.07) is -3.66. The third kappa shape index (κ3) is 7.03. The van der Waals surface area contributed by atoms with E-state index in [4.69, 9.17) is 10.8 Å². The number of hydrogen-bond acceptors (Lipinski definition) is 7. The van der Waals surface area contributed by atoms with Crippen molar-refractivity contribution in [2.24, 2.45) is 5.73 Å². The maximum atomic E-state index is 12.4. The number of H-pyrrole nitrogens is 1. The van der Waals surface area contributed by atoms with Crippen LogP contribution < -0.4 is 21.7 Å². The number of aromatic nitrogens is 2. The summed E-state index contributed by atoms with van der Waals surface area (Å²) in [6.45, 7) is 2.23. The van der Waals surface area contributed by atoms with Crippen molar-refractivity contribution in [3.05, 3.63) is 18.2 Å². The molecule has 27 heavy (non-hydrogen) atoms. The molecule has 4 unspecified atom stereocenters. The molecule has 0 spiro atoms. The summed E-state index contributed by atoms with van der Waals surface area (Å²) in [5, 5.41) is 25.3. The van der Waals surface area contributed by atoms with Crippen molar-refractivity contribution in [3.63, 3.8) is 0 Å². The molecule has 0 saturated carbocycles. The van der Waals surface area contributed by atoms with Crippen LogP contribution in [0.5, 0.6) is 0 Å². The molecule has 12 heteroatoms. The molecule has 0 aromatic carbocycles. The van der Waals surface area contributed by atoms with Crippen LogP contribution in [0.2, 0.25) is 0 Å². The highest BCUT2D eigenvalue weighted by Gasteiger charge is 2.29. The van der Waals surface area contributed by atoms with E-state index in [0.717, 1.165) is 0 Å². The second-order valence-corrected chi connectivity index (χ2v) is 5.90. The fraction of sp³-hybridized carbons (Fsp3) is 0.533. The van der Waals surface area contributed by atoms with Gasteiger partial charge in [0.1, 0.15) is 12.1 Å². The maximum absolute atomic E-state index is 12.4. The van der Waals surface area contributed by atoms with Crippen LogP contribution in [0.4, 0.5) is 0 Å². The minimum atomic E-state index is -1.52. The molecule has 0 fully saturated rings. The van der Waals surface area contributed by atoms with Gasteiger partial charge in [-0.2, -0.15) is 0 Å². The topological polar surface area (TPSA) is 200 Å². The molecule has 3 amide bonds. The number of aliphatic hydroxyl groups excluding tert-OH is 1. The van der Waals surface area contributed by atoms with Crippen LogP contribution in [0.25, 0.3) is 0 Å². The third-order valence-electron chi connectivity index (χ3n) is 3.61. The Morgan fingerprint density at radius 3 is 2.33 bits per heavy atom. The Morgan fingerprint density at radius 2 is 1.85 bits per heavy atom. The SMILES string of the molecule is CC(NC(=O)C(Cc1cnc[nH]1)NC(=O)CN)C(=O)NC(C(=O)O)C(C)O. The number of amides is 3. The fourth-order valence-corrected chi connectivity index (χ4v) is 2.13. The van der Waals surface area contributed by atoms with Crippen molar-refractivity contribution in [3.8, 4) is 0 Å². The normalized spacial score (nSPS) is 15.1. The molecule has 0 aliphatic rings. The van der Waals surface area contributed by atoms with Gasteiger partial charge < -0.3 is 36.9 Å². The minimum absolute atomic E-state index is 0.0807. The van der Waals surface area contributed by atoms with E-state index < -0.39 is 47.9 Å². The fourth-order valence-electron chi connectivity index (χ4n) is 2.13. The Kier molecular flexibility index (Phi) is 8.35. The van der Waals surface area contributed by atoms with Crippen molar-refractivity contribution in [1.82, 2.24) is 25.9 Å². The number of hydrogen-bond donors (Lipinski definition) is 7. The lowest BCUT2D eigenvalue weighted by Gasteiger charge is -2.23. The number of imidazole rings is 1. The standard InChI is InChI=1S/C15H24N6O6/c1-7(13(24)21-12(8(2)22)15(26)27)19-14(25)10(20-11(23)4-16)3-9-5-17-6-18-9/h5-8,10,12,22H,3-4,16H2,1-2H3,(H,17,18)(H,19,25)(H,20,23)(H,21,24)(H,26,27). The number of aromatic amines is 1. The highest BCUT2D eigenvalue weighted by atomic mass is 16.4. The van der Waals surface area contributed by atoms with Crippen molar-refractivity contribution in [1.29, 1.82) is 0 Å². The van der Waals surface area contributed by atoms with Crippen LogP contribution in [-0.2, 0) is 25.6 Å². The average molecular weight is 384 g/mol. The zero-order valence-electron chi connectivity index (χ0n) is 14.9. The summed E-state index contributed by atoms with van der Waals surface area (Å²) < 4.78 is 0. The molecule has 1 heterocycles. The molecule has 8 N–H and O–H groups in total. The Balaban J connectivity index is 2.75. The van der Waals surface area contributed by atoms with Crippen molar-refractivity contribution < 1.29 is 29.4 Å². The molecule has 0 radical (unpaired) electrons. The molecule has 0 saturated heterocycles. The van der Waals surface area contributed by atoms with Crippen LogP contribution >= 0.6 is 0 Å². The number of aliphatic carboxylic acids is 1. The van der Waals surface area contributed by atoms with Crippen molar-refractivity contribution in [2.75, 3.05) is 6.54 Å². The Morgan fingerprint density at radius 1 is 1.19 bits per heavy atom. The van der Waals surface area contributed by atoms with Crippen LogP contribution in [0.15, 0.2) is 12.5 Å². The molecular weight excluding hydrogens is 360 g/mol. The number of nitrogens with two attached hydrogens (primary N) is 1. The van der Waals surface area contributed by atoms with Gasteiger partial charge in [-0.15, -0.1) is 0 Å². The van der Waals surface area contributed by atoms with E-state index in [2.05, 4.69) is 25.9 Å². The number of aliphatic hydroxyl groups is 1. The van der Waals surface area contributed by atoms with Gasteiger partial charge in [0.2, 0.25) is 17.7 Å². The van der Waals surface area contributed by atoms with E-state index >= 15 is 0 Å². The van der Waals surface area contributed by atoms with Gasteiger partial charge in [0.15, 0.2) is 6.04 Å². The van der Waals surface area contributed by atoms with Crippen LogP contribution in [-0.4, -0.2) is 74.6 Å². The Hall–Kier alpha value is -2.99. The van der Waals surface area contributed by atoms with E-state index in [1.165, 1.54) is 26.4 Å². The zero-order chi connectivity index (χ0) is 20.6. The van der Waals surface area contributed by atoms with Crippen molar-refractivity contribution >= 4 is 23.7 Å². The van der Waals surface area contributed by atoms with E-state index in [9.17, 15) is 24.3 Å². The second-order valence-electron chi connectivity index (χ2n) is 5.90. The van der Waals surface area contributed by atoms with Crippen LogP contribution in [0.3, 0.4) is 0 Å². The second kappa shape index (κ2) is 10.2. The molecule has 1 aromatic heterocycles. The molecule has 1 aromatic rings. The molecule has 0 aliphatic heterocycles. The Bertz CT molecular complexity index is 662. The lowest BCUT2D eigenvalue weighted by molar-refractivity contribution is -0.145. The number of carbonyl (C=O) groups excluding carboxylic acids is 3. The summed E-state index contributed by atoms with van der Waals surface area (Å²) in [6.07, 6.45) is 1.64. The number of rotatable bonds is 10. The third-order valence-corrected chi connectivity index (χ3v) is 3.61. The summed E-state index contributed by atoms with van der Waals surface area (Å²) in [5.41, 5.74) is 5.82. The number of nitrogens with one attached hydrogen (secondary N) is 4. The van der Waals surface area contributed by atoms with Gasteiger partial charge in [0, 0.05) is 18.3 Å². The van der Waals surface area contributed by atoms with E-state index in [-0.39, 0.29) is 13.0 Å². The molecule has 1 rings (SSSR count). The Labute approximate surface area is 154 Å². The van der Waals surface area contributed by atoms with Crippen LogP contribution in [0.1, 0.15) is 19.5 Å². The molecule has 12 nitrogen and oxygen atoms in total. The van der Waals surface area contributed by atoms with Gasteiger partial charge >= 0.3 is 5.97 Å². The van der Waals surface area contributed by atoms with Gasteiger partial charge in [-0.05, 0) is 13.8 Å². The van der Waals surface area contributed by atoms with Crippen LogP contribution in [0, 0.1) is 0 Å². The lowest BCUT2D eigenvalue weighted by Crippen LogP contribution is -2.57. The molecule has 150 valence electrons. The smallest absolute Gasteiger partial charge is 0.328 e. The van der Waals surface area contributed by atoms with Gasteiger partial charge in [0.05, 0.1) is 19.0 Å². The monoisotopic (exact) mass is 384 g/mol. The maximum Gasteiger partial charge on any atom is 0.328 e. The first-order chi connectivity index (χ1) is 12.6. The number of nitrogens with zero attached hydrogens (tertiary/aromatic N) is 1. The van der Waals surface area contributed by atoms with Crippen molar-refractivity contribution in [2.45, 2.75) is 44.5 Å². The molecule has 0 bridgehead atoms. The number of carboxylic acids is 1. The molecular formula is C15H24N6O6. The zero-order valence-corrected chi connectivity index (χ0v) is 14.9. The summed E-state index contributed by atoms with van der Waals surface area (Å²) in [4.78, 5) is 53.7. The first-order valence-corrected chi connectivity index (χ1v) is 8.14. The number of carbonyl (C=O) groups is 4. The van der Waals surface area contributed by atoms with Gasteiger partial charge in [-0.3, -0.25) is 14.4 Å². The first-order valence-electron chi connectivity index (χ1n) is 8.14.